The van der Waals surface area contributed by atoms with E-state index in [0.717, 1.165) is 13.0 Å². The molecule has 0 unspecified atom stereocenters. The Morgan fingerprint density at radius 3 is 2.62 bits per heavy atom. The number of ether oxygens (including phenoxy) is 2. The van der Waals surface area contributed by atoms with Crippen molar-refractivity contribution in [2.75, 3.05) is 19.8 Å². The van der Waals surface area contributed by atoms with E-state index in [1.807, 2.05) is 0 Å². The zero-order chi connectivity index (χ0) is 14.9. The predicted molar refractivity (Wildman–Crippen MR) is 75.3 cm³/mol. The molecular weight excluding hydrogens is 272 g/mol. The molecule has 3 N–H and O–H groups in total. The number of primary amides is 1. The molecule has 0 bridgehead atoms. The molecular formula is C15H24N2O4. The lowest BCUT2D eigenvalue weighted by Crippen LogP contribution is -2.53. The predicted octanol–water partition coefficient (Wildman–Crippen LogP) is 0.342. The maximum Gasteiger partial charge on any atom is 0.235 e. The summed E-state index contributed by atoms with van der Waals surface area (Å²) < 4.78 is 11.4. The van der Waals surface area contributed by atoms with Gasteiger partial charge in [-0.1, -0.05) is 6.42 Å². The number of hydrogen-bond donors (Lipinski definition) is 2. The molecule has 3 fully saturated rings. The van der Waals surface area contributed by atoms with E-state index in [1.165, 1.54) is 19.3 Å². The second-order valence-electron chi connectivity index (χ2n) is 6.56. The van der Waals surface area contributed by atoms with E-state index in [2.05, 4.69) is 5.32 Å². The van der Waals surface area contributed by atoms with Crippen LogP contribution in [0.5, 0.6) is 0 Å². The van der Waals surface area contributed by atoms with Crippen molar-refractivity contribution in [3.8, 4) is 0 Å². The number of carbonyl (C=O) groups excluding carboxylic acids is 2. The average molecular weight is 296 g/mol. The lowest BCUT2D eigenvalue weighted by Gasteiger charge is -2.35. The van der Waals surface area contributed by atoms with Gasteiger partial charge in [-0.2, -0.15) is 0 Å². The maximum absolute atomic E-state index is 12.3. The highest BCUT2D eigenvalue weighted by atomic mass is 16.5. The molecule has 1 saturated heterocycles. The molecule has 6 heteroatoms. The third-order valence-corrected chi connectivity index (χ3v) is 5.05. The monoisotopic (exact) mass is 296 g/mol. The third-order valence-electron chi connectivity index (χ3n) is 5.05. The van der Waals surface area contributed by atoms with Crippen molar-refractivity contribution < 1.29 is 19.1 Å². The Labute approximate surface area is 124 Å². The SMILES string of the molecule is NC(=O)C1(C(=O)N[C@@H]2CCOC[C@H]2OCC2CCC2)CC1. The molecule has 118 valence electrons. The highest BCUT2D eigenvalue weighted by molar-refractivity contribution is 6.07. The van der Waals surface area contributed by atoms with Crippen molar-refractivity contribution in [1.82, 2.24) is 5.32 Å². The summed E-state index contributed by atoms with van der Waals surface area (Å²) in [6.45, 7) is 1.85. The molecule has 2 saturated carbocycles. The lowest BCUT2D eigenvalue weighted by molar-refractivity contribution is -0.138. The second kappa shape index (κ2) is 5.93. The Kier molecular flexibility index (Phi) is 4.17. The quantitative estimate of drug-likeness (QED) is 0.692. The van der Waals surface area contributed by atoms with Gasteiger partial charge < -0.3 is 20.5 Å². The first-order chi connectivity index (χ1) is 10.1. The van der Waals surface area contributed by atoms with Gasteiger partial charge in [-0.15, -0.1) is 0 Å². The minimum atomic E-state index is -0.961. The Bertz CT molecular complexity index is 418. The zero-order valence-corrected chi connectivity index (χ0v) is 12.3. The summed E-state index contributed by atoms with van der Waals surface area (Å²) in [5.41, 5.74) is 4.38. The summed E-state index contributed by atoms with van der Waals surface area (Å²) in [6.07, 6.45) is 5.47. The average Bonchev–Trinajstić information content (AvgIpc) is 3.20. The van der Waals surface area contributed by atoms with Crippen LogP contribution in [-0.2, 0) is 19.1 Å². The highest BCUT2D eigenvalue weighted by Gasteiger charge is 2.56. The molecule has 3 rings (SSSR count). The van der Waals surface area contributed by atoms with Gasteiger partial charge in [0, 0.05) is 13.2 Å². The molecule has 1 aliphatic heterocycles. The van der Waals surface area contributed by atoms with Gasteiger partial charge in [0.25, 0.3) is 0 Å². The Morgan fingerprint density at radius 1 is 1.29 bits per heavy atom. The van der Waals surface area contributed by atoms with Gasteiger partial charge >= 0.3 is 0 Å². The van der Waals surface area contributed by atoms with Crippen molar-refractivity contribution >= 4 is 11.8 Å². The van der Waals surface area contributed by atoms with E-state index >= 15 is 0 Å². The fourth-order valence-corrected chi connectivity index (χ4v) is 2.98. The summed E-state index contributed by atoms with van der Waals surface area (Å²) >= 11 is 0. The van der Waals surface area contributed by atoms with Crippen LogP contribution in [0.2, 0.25) is 0 Å². The van der Waals surface area contributed by atoms with Crippen LogP contribution in [0.3, 0.4) is 0 Å². The van der Waals surface area contributed by atoms with Crippen LogP contribution in [0.4, 0.5) is 0 Å². The van der Waals surface area contributed by atoms with E-state index in [9.17, 15) is 9.59 Å². The molecule has 1 heterocycles. The molecule has 0 spiro atoms. The minimum Gasteiger partial charge on any atom is -0.379 e. The van der Waals surface area contributed by atoms with E-state index in [1.54, 1.807) is 0 Å². The van der Waals surface area contributed by atoms with Crippen molar-refractivity contribution in [3.63, 3.8) is 0 Å². The van der Waals surface area contributed by atoms with Crippen molar-refractivity contribution in [1.29, 1.82) is 0 Å². The Balaban J connectivity index is 1.53. The number of rotatable bonds is 6. The van der Waals surface area contributed by atoms with Gasteiger partial charge in [0.15, 0.2) is 0 Å². The largest absolute Gasteiger partial charge is 0.379 e. The second-order valence-corrected chi connectivity index (χ2v) is 6.56. The van der Waals surface area contributed by atoms with Gasteiger partial charge in [-0.25, -0.2) is 0 Å². The van der Waals surface area contributed by atoms with Crippen LogP contribution in [-0.4, -0.2) is 43.8 Å². The summed E-state index contributed by atoms with van der Waals surface area (Å²) in [5.74, 6) is -0.0955. The number of nitrogens with two attached hydrogens (primary N) is 1. The zero-order valence-electron chi connectivity index (χ0n) is 12.3. The normalized spacial score (nSPS) is 31.2. The first kappa shape index (κ1) is 14.8. The molecule has 0 aromatic heterocycles. The molecule has 2 amide bonds. The van der Waals surface area contributed by atoms with Gasteiger partial charge in [0.05, 0.1) is 12.6 Å². The van der Waals surface area contributed by atoms with Gasteiger partial charge in [0.1, 0.15) is 11.5 Å². The minimum absolute atomic E-state index is 0.0804. The van der Waals surface area contributed by atoms with Crippen LogP contribution < -0.4 is 11.1 Å². The van der Waals surface area contributed by atoms with Gasteiger partial charge in [-0.05, 0) is 38.0 Å². The topological polar surface area (TPSA) is 90.7 Å². The molecule has 3 aliphatic rings. The van der Waals surface area contributed by atoms with Crippen LogP contribution >= 0.6 is 0 Å². The summed E-state index contributed by atoms with van der Waals surface area (Å²) in [6, 6.07) is -0.0804. The van der Waals surface area contributed by atoms with E-state index in [-0.39, 0.29) is 18.1 Å². The summed E-state index contributed by atoms with van der Waals surface area (Å²) in [7, 11) is 0. The van der Waals surface area contributed by atoms with Crippen LogP contribution in [0, 0.1) is 11.3 Å². The van der Waals surface area contributed by atoms with Gasteiger partial charge in [-0.3, -0.25) is 9.59 Å². The molecule has 0 aromatic carbocycles. The van der Waals surface area contributed by atoms with Crippen molar-refractivity contribution in [2.24, 2.45) is 17.1 Å². The fraction of sp³-hybridized carbons (Fsp3) is 0.867. The molecule has 0 radical (unpaired) electrons. The van der Waals surface area contributed by atoms with Crippen LogP contribution in [0.25, 0.3) is 0 Å². The van der Waals surface area contributed by atoms with Crippen molar-refractivity contribution in [2.45, 2.75) is 50.7 Å². The Hall–Kier alpha value is -1.14. The fourth-order valence-electron chi connectivity index (χ4n) is 2.98. The molecule has 2 atom stereocenters. The van der Waals surface area contributed by atoms with E-state index < -0.39 is 11.3 Å². The standard InChI is InChI=1S/C15H24N2O4/c16-13(18)15(5-6-15)14(19)17-11-4-7-20-9-12(11)21-8-10-2-1-3-10/h10-12H,1-9H2,(H2,16,18)(H,17,19)/t11-,12-/m1/s1. The van der Waals surface area contributed by atoms with Gasteiger partial charge in [0.2, 0.25) is 11.8 Å². The third kappa shape index (κ3) is 3.06. The molecule has 21 heavy (non-hydrogen) atoms. The molecule has 2 aliphatic carbocycles. The lowest BCUT2D eigenvalue weighted by atomic mass is 9.86. The summed E-state index contributed by atoms with van der Waals surface area (Å²) in [4.78, 5) is 23.7. The number of amides is 2. The number of hydrogen-bond acceptors (Lipinski definition) is 4. The first-order valence-corrected chi connectivity index (χ1v) is 7.92. The van der Waals surface area contributed by atoms with E-state index in [4.69, 9.17) is 15.2 Å². The van der Waals surface area contributed by atoms with E-state index in [0.29, 0.717) is 32.0 Å². The molecule has 0 aromatic rings. The summed E-state index contributed by atoms with van der Waals surface area (Å²) in [5, 5.41) is 2.97. The smallest absolute Gasteiger partial charge is 0.235 e. The van der Waals surface area contributed by atoms with Crippen molar-refractivity contribution in [3.05, 3.63) is 0 Å². The van der Waals surface area contributed by atoms with Crippen LogP contribution in [0.1, 0.15) is 38.5 Å². The highest BCUT2D eigenvalue weighted by Crippen LogP contribution is 2.45. The molecule has 6 nitrogen and oxygen atoms in total. The first-order valence-electron chi connectivity index (χ1n) is 7.92. The number of nitrogens with one attached hydrogen (secondary N) is 1. The maximum atomic E-state index is 12.3. The Morgan fingerprint density at radius 2 is 2.05 bits per heavy atom. The number of carbonyl (C=O) groups is 2. The van der Waals surface area contributed by atoms with Crippen LogP contribution in [0.15, 0.2) is 0 Å².